The van der Waals surface area contributed by atoms with Crippen LogP contribution in [-0.2, 0) is 27.3 Å². The number of carbonyl (C=O) groups is 2. The van der Waals surface area contributed by atoms with Crippen LogP contribution in [0.2, 0.25) is 5.02 Å². The third-order valence-corrected chi connectivity index (χ3v) is 8.54. The Hall–Kier alpha value is -3.03. The first-order valence-electron chi connectivity index (χ1n) is 12.8. The average molecular weight is 619 g/mol. The molecule has 0 radical (unpaired) electrons. The van der Waals surface area contributed by atoms with Gasteiger partial charge in [0.15, 0.2) is 9.84 Å². The molecule has 0 aromatic heterocycles. The molecule has 226 valence electrons. The van der Waals surface area contributed by atoms with E-state index in [1.54, 1.807) is 25.7 Å². The van der Waals surface area contributed by atoms with Crippen molar-refractivity contribution in [1.82, 2.24) is 9.80 Å². The molecule has 1 fully saturated rings. The fourth-order valence-electron chi connectivity index (χ4n) is 4.36. The molecule has 1 saturated heterocycles. The summed E-state index contributed by atoms with van der Waals surface area (Å²) in [4.78, 5) is 29.7. The van der Waals surface area contributed by atoms with Crippen LogP contribution >= 0.6 is 11.6 Å². The summed E-state index contributed by atoms with van der Waals surface area (Å²) in [6.07, 6.45) is -5.29. The highest BCUT2D eigenvalue weighted by Gasteiger charge is 2.36. The van der Waals surface area contributed by atoms with Crippen molar-refractivity contribution >= 4 is 44.8 Å². The minimum Gasteiger partial charge on any atom is -0.444 e. The van der Waals surface area contributed by atoms with Gasteiger partial charge in [-0.3, -0.25) is 9.69 Å². The molecule has 2 aromatic rings. The van der Waals surface area contributed by atoms with Gasteiger partial charge < -0.3 is 20.3 Å². The number of ether oxygens (including phenoxy) is 1. The van der Waals surface area contributed by atoms with Gasteiger partial charge in [-0.05, 0) is 56.7 Å². The Balaban J connectivity index is 1.89. The first-order chi connectivity index (χ1) is 18.8. The van der Waals surface area contributed by atoms with Gasteiger partial charge in [0.1, 0.15) is 5.60 Å². The predicted octanol–water partition coefficient (Wildman–Crippen LogP) is 5.06. The number of piperazine rings is 1. The number of nitrogens with two attached hydrogens (primary N) is 1. The van der Waals surface area contributed by atoms with Gasteiger partial charge in [0, 0.05) is 50.5 Å². The van der Waals surface area contributed by atoms with E-state index in [-0.39, 0.29) is 52.2 Å². The molecule has 3 rings (SSSR count). The fourth-order valence-corrected chi connectivity index (χ4v) is 5.63. The zero-order chi connectivity index (χ0) is 30.9. The molecule has 0 atom stereocenters. The highest BCUT2D eigenvalue weighted by Crippen LogP contribution is 2.37. The molecule has 14 heteroatoms. The molecular formula is C27H34ClF3N4O5S. The maximum atomic E-state index is 14.2. The van der Waals surface area contributed by atoms with Crippen LogP contribution in [0.5, 0.6) is 0 Å². The van der Waals surface area contributed by atoms with Crippen molar-refractivity contribution in [3.8, 4) is 0 Å². The summed E-state index contributed by atoms with van der Waals surface area (Å²) >= 11 is 6.05. The molecule has 2 aromatic carbocycles. The normalized spacial score (nSPS) is 15.1. The third-order valence-electron chi connectivity index (χ3n) is 6.53. The van der Waals surface area contributed by atoms with Crippen molar-refractivity contribution in [2.75, 3.05) is 49.6 Å². The Morgan fingerprint density at radius 1 is 1.07 bits per heavy atom. The number of nitrogens with zero attached hydrogens (tertiary/aromatic N) is 3. The van der Waals surface area contributed by atoms with Gasteiger partial charge in [-0.2, -0.15) is 13.2 Å². The Bertz CT molecular complexity index is 1420. The summed E-state index contributed by atoms with van der Waals surface area (Å²) in [5, 5.41) is 0.140. The van der Waals surface area contributed by atoms with Crippen molar-refractivity contribution in [1.29, 1.82) is 0 Å². The van der Waals surface area contributed by atoms with E-state index in [9.17, 15) is 31.2 Å². The van der Waals surface area contributed by atoms with E-state index < -0.39 is 44.7 Å². The van der Waals surface area contributed by atoms with Gasteiger partial charge in [0.2, 0.25) is 0 Å². The second kappa shape index (κ2) is 12.1. The number of anilines is 2. The van der Waals surface area contributed by atoms with Gasteiger partial charge in [-0.15, -0.1) is 0 Å². The van der Waals surface area contributed by atoms with Gasteiger partial charge in [-0.25, -0.2) is 13.2 Å². The second-order valence-electron chi connectivity index (χ2n) is 10.7. The van der Waals surface area contributed by atoms with Crippen LogP contribution in [0.15, 0.2) is 35.2 Å². The van der Waals surface area contributed by atoms with E-state index in [4.69, 9.17) is 22.1 Å². The molecule has 0 spiro atoms. The minimum absolute atomic E-state index is 0.0794. The van der Waals surface area contributed by atoms with E-state index in [2.05, 4.69) is 0 Å². The number of hydrogen-bond acceptors (Lipinski definition) is 7. The van der Waals surface area contributed by atoms with Gasteiger partial charge in [-0.1, -0.05) is 18.5 Å². The maximum absolute atomic E-state index is 14.2. The van der Waals surface area contributed by atoms with E-state index in [0.717, 1.165) is 11.0 Å². The first-order valence-corrected chi connectivity index (χ1v) is 14.9. The Labute approximate surface area is 242 Å². The highest BCUT2D eigenvalue weighted by atomic mass is 35.5. The van der Waals surface area contributed by atoms with Crippen LogP contribution < -0.4 is 10.6 Å². The molecule has 1 heterocycles. The van der Waals surface area contributed by atoms with Crippen molar-refractivity contribution in [2.45, 2.75) is 50.9 Å². The molecule has 0 saturated carbocycles. The second-order valence-corrected chi connectivity index (χ2v) is 13.4. The number of alkyl halides is 3. The van der Waals surface area contributed by atoms with Crippen molar-refractivity contribution in [3.63, 3.8) is 0 Å². The van der Waals surface area contributed by atoms with Crippen LogP contribution in [0, 0.1) is 0 Å². The topological polar surface area (TPSA) is 113 Å². The number of halogens is 4. The first kappa shape index (κ1) is 32.5. The van der Waals surface area contributed by atoms with Crippen LogP contribution in [0.25, 0.3) is 0 Å². The van der Waals surface area contributed by atoms with Gasteiger partial charge in [0.05, 0.1) is 27.5 Å². The van der Waals surface area contributed by atoms with Crippen molar-refractivity contribution in [2.24, 2.45) is 0 Å². The lowest BCUT2D eigenvalue weighted by Crippen LogP contribution is -2.49. The van der Waals surface area contributed by atoms with Crippen LogP contribution in [0.3, 0.4) is 0 Å². The monoisotopic (exact) mass is 618 g/mol. The summed E-state index contributed by atoms with van der Waals surface area (Å²) in [6.45, 7) is 7.72. The number of benzene rings is 2. The van der Waals surface area contributed by atoms with E-state index in [1.807, 2.05) is 0 Å². The Kier molecular flexibility index (Phi) is 9.56. The smallest absolute Gasteiger partial charge is 0.416 e. The summed E-state index contributed by atoms with van der Waals surface area (Å²) in [5.41, 5.74) is 3.57. The summed E-state index contributed by atoms with van der Waals surface area (Å²) in [6, 6.07) is 5.67. The number of hydrogen-bond donors (Lipinski definition) is 1. The molecule has 0 unspecified atom stereocenters. The summed E-state index contributed by atoms with van der Waals surface area (Å²) in [5.74, 6) is -1.19. The minimum atomic E-state index is -4.80. The predicted molar refractivity (Wildman–Crippen MR) is 151 cm³/mol. The largest absolute Gasteiger partial charge is 0.444 e. The number of carbonyl (C=O) groups excluding carboxylic acids is 2. The standard InChI is InChI=1S/C27H34ClF3N4O5S/c1-6-41(38,39)23-8-7-18(28)14-22(23)33(5)24(36)19-15-20(27(29,30)31)17(13-21(19)32)16-34-9-11-35(12-10-34)25(37)40-26(2,3)4/h7-8,13-15H,6,9-12,16,32H2,1-5H3. The van der Waals surface area contributed by atoms with Crippen molar-refractivity contribution < 1.29 is 35.9 Å². The van der Waals surface area contributed by atoms with Crippen molar-refractivity contribution in [3.05, 3.63) is 52.0 Å². The number of rotatable bonds is 6. The van der Waals surface area contributed by atoms with Crippen LogP contribution in [0.4, 0.5) is 29.3 Å². The van der Waals surface area contributed by atoms with Crippen LogP contribution in [-0.4, -0.2) is 74.8 Å². The lowest BCUT2D eigenvalue weighted by atomic mass is 9.99. The maximum Gasteiger partial charge on any atom is 0.416 e. The molecular weight excluding hydrogens is 585 g/mol. The molecule has 1 aliphatic heterocycles. The Morgan fingerprint density at radius 3 is 2.22 bits per heavy atom. The van der Waals surface area contributed by atoms with Crippen LogP contribution in [0.1, 0.15) is 49.2 Å². The lowest BCUT2D eigenvalue weighted by Gasteiger charge is -2.36. The quantitative estimate of drug-likeness (QED) is 0.450. The lowest BCUT2D eigenvalue weighted by molar-refractivity contribution is -0.138. The molecule has 0 aliphatic carbocycles. The average Bonchev–Trinajstić information content (AvgIpc) is 2.86. The summed E-state index contributed by atoms with van der Waals surface area (Å²) < 4.78 is 73.2. The van der Waals surface area contributed by atoms with E-state index in [0.29, 0.717) is 19.2 Å². The zero-order valence-corrected chi connectivity index (χ0v) is 25.1. The number of sulfone groups is 1. The number of amides is 2. The summed E-state index contributed by atoms with van der Waals surface area (Å²) in [7, 11) is -2.55. The van der Waals surface area contributed by atoms with E-state index >= 15 is 0 Å². The van der Waals surface area contributed by atoms with Gasteiger partial charge >= 0.3 is 12.3 Å². The van der Waals surface area contributed by atoms with Gasteiger partial charge in [0.25, 0.3) is 5.91 Å². The molecule has 0 bridgehead atoms. The molecule has 9 nitrogen and oxygen atoms in total. The highest BCUT2D eigenvalue weighted by molar-refractivity contribution is 7.91. The zero-order valence-electron chi connectivity index (χ0n) is 23.5. The molecule has 1 aliphatic rings. The SMILES string of the molecule is CCS(=O)(=O)c1ccc(Cl)cc1N(C)C(=O)c1cc(C(F)(F)F)c(CN2CCN(C(=O)OC(C)(C)C)CC2)cc1N. The Morgan fingerprint density at radius 2 is 1.68 bits per heavy atom. The fraction of sp³-hybridized carbons (Fsp3) is 0.481. The molecule has 41 heavy (non-hydrogen) atoms. The number of nitrogen functional groups attached to an aromatic ring is 1. The molecule has 2 amide bonds. The third kappa shape index (κ3) is 7.83. The van der Waals surface area contributed by atoms with E-state index in [1.165, 1.54) is 37.1 Å². The molecule has 2 N–H and O–H groups in total.